The molecule has 0 aromatic carbocycles. The summed E-state index contributed by atoms with van der Waals surface area (Å²) in [6.07, 6.45) is 30.0. The molecule has 19 nitrogen and oxygen atoms in total. The molecule has 0 radical (unpaired) electrons. The lowest BCUT2D eigenvalue weighted by Crippen LogP contribution is -2.67. The van der Waals surface area contributed by atoms with Crippen LogP contribution in [0.3, 0.4) is 0 Å². The molecular weight excluding hydrogens is 1140 g/mol. The van der Waals surface area contributed by atoms with E-state index in [2.05, 4.69) is 38.3 Å². The minimum Gasteiger partial charge on any atom is -0.462 e. The first-order valence-corrected chi connectivity index (χ1v) is 37.0. The van der Waals surface area contributed by atoms with Gasteiger partial charge in [0.25, 0.3) is 0 Å². The number of aliphatic hydroxyl groups is 5. The third-order valence-electron chi connectivity index (χ3n) is 17.3. The van der Waals surface area contributed by atoms with Crippen molar-refractivity contribution in [1.82, 2.24) is 10.6 Å². The number of aliphatic hydroxyl groups excluding tert-OH is 5. The molecule has 9 N–H and O–H groups in total. The Morgan fingerprint density at radius 1 is 0.471 bits per heavy atom. The smallest absolute Gasteiger partial charge is 0.462 e. The van der Waals surface area contributed by atoms with E-state index < -0.39 is 112 Å². The Bertz CT molecular complexity index is 1720. The fraction of sp³-hybridized carbons (Fsp3) is 0.955. The fourth-order valence-electron chi connectivity index (χ4n) is 11.9. The third-order valence-corrected chi connectivity index (χ3v) is 17.8. The van der Waals surface area contributed by atoms with Gasteiger partial charge >= 0.3 is 13.8 Å². The zero-order valence-corrected chi connectivity index (χ0v) is 55.9. The van der Waals surface area contributed by atoms with Gasteiger partial charge in [0.05, 0.1) is 32.2 Å². The Kier molecular flexibility index (Phi) is 49.2. The number of ether oxygens (including phenoxy) is 5. The Morgan fingerprint density at radius 3 is 1.30 bits per heavy atom. The summed E-state index contributed by atoms with van der Waals surface area (Å²) in [4.78, 5) is 60.6. The number of hydrogen-bond acceptors (Lipinski definition) is 15. The van der Waals surface area contributed by atoms with Gasteiger partial charge in [-0.15, -0.1) is 0 Å². The predicted octanol–water partition coefficient (Wildman–Crippen LogP) is 12.9. The highest BCUT2D eigenvalue weighted by Gasteiger charge is 2.51. The van der Waals surface area contributed by atoms with Crippen LogP contribution in [0.5, 0.6) is 0 Å². The number of carbonyl (C=O) groups is 3. The first-order valence-electron chi connectivity index (χ1n) is 35.5. The van der Waals surface area contributed by atoms with Gasteiger partial charge in [-0.3, -0.25) is 18.9 Å². The van der Waals surface area contributed by atoms with Gasteiger partial charge < -0.3 is 69.6 Å². The molecule has 2 saturated heterocycles. The number of nitrogens with one attached hydrogen (secondary N) is 2. The van der Waals surface area contributed by atoms with Crippen LogP contribution in [-0.4, -0.2) is 146 Å². The molecule has 20 heteroatoms. The van der Waals surface area contributed by atoms with Crippen LogP contribution in [-0.2, 0) is 47.2 Å². The second kappa shape index (κ2) is 52.6. The molecule has 12 atom stereocenters. The molecule has 514 valence electrons. The van der Waals surface area contributed by atoms with Crippen LogP contribution in [0.15, 0.2) is 0 Å². The van der Waals surface area contributed by atoms with Gasteiger partial charge in [0, 0.05) is 13.0 Å². The van der Waals surface area contributed by atoms with Crippen LogP contribution in [0.4, 0.5) is 0 Å². The van der Waals surface area contributed by atoms with Crippen LogP contribution in [0.25, 0.3) is 0 Å². The average Bonchev–Trinajstić information content (AvgIpc) is 1.57. The molecule has 2 fully saturated rings. The first kappa shape index (κ1) is 81.3. The molecule has 2 rings (SSSR count). The Balaban J connectivity index is 2.24. The quantitative estimate of drug-likeness (QED) is 0.0155. The normalized spacial score (nSPS) is 23.2. The average molecular weight is 1270 g/mol. The highest BCUT2D eigenvalue weighted by atomic mass is 31.2. The van der Waals surface area contributed by atoms with Crippen molar-refractivity contribution in [3.05, 3.63) is 0 Å². The monoisotopic (exact) mass is 1260 g/mol. The number of carbonyl (C=O) groups excluding carboxylic acids is 3. The van der Waals surface area contributed by atoms with Crippen molar-refractivity contribution in [2.24, 2.45) is 0 Å². The molecule has 0 unspecified atom stereocenters. The van der Waals surface area contributed by atoms with E-state index in [1.54, 1.807) is 0 Å². The molecule has 0 aliphatic carbocycles. The fourth-order valence-corrected chi connectivity index (χ4v) is 12.5. The summed E-state index contributed by atoms with van der Waals surface area (Å²) in [5.74, 6) is -1.68. The number of unbranched alkanes of at least 4 members (excludes halogenated alkanes) is 36. The summed E-state index contributed by atoms with van der Waals surface area (Å²) >= 11 is 0. The third kappa shape index (κ3) is 40.0. The van der Waals surface area contributed by atoms with Gasteiger partial charge in [-0.25, -0.2) is 4.57 Å². The molecule has 87 heavy (non-hydrogen) atoms. The van der Waals surface area contributed by atoms with Crippen LogP contribution < -0.4 is 10.6 Å². The molecule has 2 heterocycles. The molecule has 0 saturated carbocycles. The van der Waals surface area contributed by atoms with Gasteiger partial charge in [-0.2, -0.15) is 0 Å². The minimum atomic E-state index is -5.32. The number of esters is 1. The number of rotatable bonds is 58. The second-order valence-electron chi connectivity index (χ2n) is 25.4. The second-order valence-corrected chi connectivity index (χ2v) is 26.6. The van der Waals surface area contributed by atoms with Gasteiger partial charge in [0.15, 0.2) is 12.6 Å². The van der Waals surface area contributed by atoms with Crippen molar-refractivity contribution in [2.75, 3.05) is 19.8 Å². The van der Waals surface area contributed by atoms with E-state index in [9.17, 15) is 54.3 Å². The van der Waals surface area contributed by atoms with Crippen molar-refractivity contribution >= 4 is 25.6 Å². The Labute approximate surface area is 526 Å². The van der Waals surface area contributed by atoms with Crippen molar-refractivity contribution in [2.45, 2.75) is 390 Å². The summed E-state index contributed by atoms with van der Waals surface area (Å²) in [6.45, 7) is 7.54. The predicted molar refractivity (Wildman–Crippen MR) is 341 cm³/mol. The van der Waals surface area contributed by atoms with Crippen LogP contribution in [0, 0.1) is 0 Å². The van der Waals surface area contributed by atoms with Gasteiger partial charge in [-0.05, 0) is 32.1 Å². The summed E-state index contributed by atoms with van der Waals surface area (Å²) in [7, 11) is -5.32. The van der Waals surface area contributed by atoms with Crippen LogP contribution >= 0.6 is 7.82 Å². The maximum absolute atomic E-state index is 14.1. The molecule has 0 spiro atoms. The Hall–Kier alpha value is -1.84. The van der Waals surface area contributed by atoms with Crippen LogP contribution in [0.2, 0.25) is 0 Å². The highest BCUT2D eigenvalue weighted by molar-refractivity contribution is 7.46. The minimum absolute atomic E-state index is 0.200. The molecule has 2 amide bonds. The zero-order chi connectivity index (χ0) is 63.8. The van der Waals surface area contributed by atoms with Crippen molar-refractivity contribution < 1.29 is 82.5 Å². The summed E-state index contributed by atoms with van der Waals surface area (Å²) in [5.41, 5.74) is 0. The SMILES string of the molecule is CCCCCCCCCCCCCCCO[C@H]1O[C@H](CO[C@@H]2O[C@H](CO)[C@@H](OP(=O)(O)O)[C@H](O)[C@H]2NC(=O)C[C@@H](CCCCCCCCCCC)OC(=O)CCCCCCCCCCC)[C@@H](O)[C@H](O)[C@H]1NC(=O)C[C@H](O)CCCCCCCCCCC. The summed E-state index contributed by atoms with van der Waals surface area (Å²) in [6, 6.07) is -2.86. The van der Waals surface area contributed by atoms with Gasteiger partial charge in [0.1, 0.15) is 54.8 Å². The highest BCUT2D eigenvalue weighted by Crippen LogP contribution is 2.42. The lowest BCUT2D eigenvalue weighted by molar-refractivity contribution is -0.302. The maximum atomic E-state index is 14.1. The van der Waals surface area contributed by atoms with Crippen molar-refractivity contribution in [1.29, 1.82) is 0 Å². The van der Waals surface area contributed by atoms with E-state index >= 15 is 0 Å². The Morgan fingerprint density at radius 2 is 0.851 bits per heavy atom. The lowest BCUT2D eigenvalue weighted by atomic mass is 9.95. The first-order chi connectivity index (χ1) is 42.1. The molecule has 2 aliphatic heterocycles. The van der Waals surface area contributed by atoms with E-state index in [0.717, 1.165) is 96.3 Å². The molecule has 2 aliphatic rings. The van der Waals surface area contributed by atoms with Gasteiger partial charge in [0.2, 0.25) is 11.8 Å². The van der Waals surface area contributed by atoms with E-state index in [-0.39, 0.29) is 25.9 Å². The summed E-state index contributed by atoms with van der Waals surface area (Å²) in [5, 5.41) is 61.8. The van der Waals surface area contributed by atoms with Gasteiger partial charge in [-0.1, -0.05) is 265 Å². The van der Waals surface area contributed by atoms with E-state index in [0.29, 0.717) is 32.1 Å². The zero-order valence-electron chi connectivity index (χ0n) is 55.0. The van der Waals surface area contributed by atoms with Crippen molar-refractivity contribution in [3.63, 3.8) is 0 Å². The largest absolute Gasteiger partial charge is 0.470 e. The number of amides is 2. The number of phosphoric acid groups is 1. The molecule has 0 aromatic rings. The molecule has 0 bridgehead atoms. The standard InChI is InChI=1S/C67H129N2O17P/c1-5-9-13-17-21-25-26-27-28-32-36-40-44-48-81-66-60(68-57(72)49-53(71)45-41-37-33-29-22-18-14-10-6-2)63(76)62(75)56(85-66)52-82-67-61(64(77)65(55(51-70)84-67)86-87(78,79)80)69-58(73)50-54(46-42-38-34-30-23-19-15-11-7-3)83-59(74)47-43-39-35-31-24-20-16-12-8-4/h53-56,60-67,70-71,75-77H,5-52H2,1-4H3,(H,68,72)(H,69,73)(H2,78,79,80)/t53-,54-,55-,56-,60-,61-,62-,63-,64-,65-,66+,67-/m1/s1. The molecular formula is C67H129N2O17P. The number of phosphoric ester groups is 1. The lowest BCUT2D eigenvalue weighted by Gasteiger charge is -2.45. The van der Waals surface area contributed by atoms with Crippen LogP contribution in [0.1, 0.15) is 317 Å². The van der Waals surface area contributed by atoms with E-state index in [1.807, 2.05) is 0 Å². The van der Waals surface area contributed by atoms with E-state index in [4.69, 9.17) is 28.2 Å². The van der Waals surface area contributed by atoms with Crippen molar-refractivity contribution in [3.8, 4) is 0 Å². The van der Waals surface area contributed by atoms with E-state index in [1.165, 1.54) is 141 Å². The number of hydrogen-bond donors (Lipinski definition) is 9. The maximum Gasteiger partial charge on any atom is 0.470 e. The topological polar surface area (TPSA) is 289 Å². The molecule has 0 aromatic heterocycles. The summed E-state index contributed by atoms with van der Waals surface area (Å²) < 4.78 is 47.7.